The SMILES string of the molecule is CC(C)(C)c1noc(COC(=O)COc2ccc(Cl)cc2Cl)n1. The number of hydrogen-bond donors (Lipinski definition) is 0. The van der Waals surface area contributed by atoms with Gasteiger partial charge in [-0.15, -0.1) is 0 Å². The van der Waals surface area contributed by atoms with Crippen LogP contribution in [-0.2, 0) is 21.6 Å². The second kappa shape index (κ2) is 7.19. The van der Waals surface area contributed by atoms with Gasteiger partial charge in [0.25, 0.3) is 5.89 Å². The van der Waals surface area contributed by atoms with E-state index in [1.807, 2.05) is 20.8 Å². The molecule has 0 amide bonds. The van der Waals surface area contributed by atoms with Gasteiger partial charge >= 0.3 is 5.97 Å². The summed E-state index contributed by atoms with van der Waals surface area (Å²) >= 11 is 11.7. The quantitative estimate of drug-likeness (QED) is 0.756. The molecule has 0 saturated carbocycles. The molecule has 8 heteroatoms. The Bertz CT molecular complexity index is 695. The van der Waals surface area contributed by atoms with Crippen molar-refractivity contribution in [2.45, 2.75) is 32.8 Å². The van der Waals surface area contributed by atoms with Crippen molar-refractivity contribution in [3.63, 3.8) is 0 Å². The molecule has 0 bridgehead atoms. The minimum absolute atomic E-state index is 0.111. The number of rotatable bonds is 5. The molecule has 1 aromatic heterocycles. The largest absolute Gasteiger partial charge is 0.480 e. The Kier molecular flexibility index (Phi) is 5.49. The summed E-state index contributed by atoms with van der Waals surface area (Å²) in [5.74, 6) is 0.549. The molecule has 0 spiro atoms. The Morgan fingerprint density at radius 2 is 2.04 bits per heavy atom. The number of aromatic nitrogens is 2. The zero-order valence-electron chi connectivity index (χ0n) is 12.9. The van der Waals surface area contributed by atoms with Crippen molar-refractivity contribution in [3.05, 3.63) is 40.0 Å². The van der Waals surface area contributed by atoms with Crippen LogP contribution in [0.4, 0.5) is 0 Å². The van der Waals surface area contributed by atoms with Gasteiger partial charge in [0.1, 0.15) is 5.75 Å². The summed E-state index contributed by atoms with van der Waals surface area (Å²) in [6, 6.07) is 4.71. The Morgan fingerprint density at radius 1 is 1.30 bits per heavy atom. The molecule has 0 unspecified atom stereocenters. The molecule has 0 saturated heterocycles. The Balaban J connectivity index is 1.82. The van der Waals surface area contributed by atoms with Crippen LogP contribution in [0.3, 0.4) is 0 Å². The van der Waals surface area contributed by atoms with E-state index in [1.165, 1.54) is 6.07 Å². The van der Waals surface area contributed by atoms with Crippen LogP contribution >= 0.6 is 23.2 Å². The molecule has 0 radical (unpaired) electrons. The number of halogens is 2. The van der Waals surface area contributed by atoms with Crippen LogP contribution in [0.1, 0.15) is 32.5 Å². The van der Waals surface area contributed by atoms with Gasteiger partial charge in [-0.05, 0) is 18.2 Å². The van der Waals surface area contributed by atoms with Crippen LogP contribution < -0.4 is 4.74 Å². The maximum Gasteiger partial charge on any atom is 0.344 e. The lowest BCUT2D eigenvalue weighted by Crippen LogP contribution is -2.15. The lowest BCUT2D eigenvalue weighted by Gasteiger charge is -2.10. The maximum absolute atomic E-state index is 11.7. The summed E-state index contributed by atoms with van der Waals surface area (Å²) in [4.78, 5) is 15.8. The van der Waals surface area contributed by atoms with Gasteiger partial charge in [-0.3, -0.25) is 0 Å². The predicted molar refractivity (Wildman–Crippen MR) is 84.8 cm³/mol. The highest BCUT2D eigenvalue weighted by Gasteiger charge is 2.21. The summed E-state index contributed by atoms with van der Waals surface area (Å²) in [6.45, 7) is 5.47. The van der Waals surface area contributed by atoms with E-state index in [9.17, 15) is 4.79 Å². The van der Waals surface area contributed by atoms with E-state index in [-0.39, 0.29) is 24.5 Å². The minimum Gasteiger partial charge on any atom is -0.480 e. The Labute approximate surface area is 143 Å². The van der Waals surface area contributed by atoms with E-state index in [1.54, 1.807) is 12.1 Å². The topological polar surface area (TPSA) is 74.5 Å². The number of esters is 1. The molecule has 0 aliphatic carbocycles. The van der Waals surface area contributed by atoms with Crippen molar-refractivity contribution in [2.24, 2.45) is 0 Å². The molecule has 2 aromatic rings. The van der Waals surface area contributed by atoms with Gasteiger partial charge in [-0.25, -0.2) is 4.79 Å². The number of ether oxygens (including phenoxy) is 2. The predicted octanol–water partition coefficient (Wildman–Crippen LogP) is 3.80. The monoisotopic (exact) mass is 358 g/mol. The van der Waals surface area contributed by atoms with E-state index in [4.69, 9.17) is 37.2 Å². The van der Waals surface area contributed by atoms with Crippen LogP contribution in [0.2, 0.25) is 10.0 Å². The Morgan fingerprint density at radius 3 is 2.65 bits per heavy atom. The second-order valence-corrected chi connectivity index (χ2v) is 6.63. The van der Waals surface area contributed by atoms with Crippen LogP contribution in [0.15, 0.2) is 22.7 Å². The third-order valence-corrected chi connectivity index (χ3v) is 3.27. The number of carbonyl (C=O) groups excluding carboxylic acids is 1. The molecule has 1 heterocycles. The third kappa shape index (κ3) is 5.11. The first-order valence-corrected chi connectivity index (χ1v) is 7.58. The van der Waals surface area contributed by atoms with Crippen LogP contribution in [0.25, 0.3) is 0 Å². The fourth-order valence-electron chi connectivity index (χ4n) is 1.53. The molecular weight excluding hydrogens is 343 g/mol. The van der Waals surface area contributed by atoms with E-state index in [2.05, 4.69) is 10.1 Å². The minimum atomic E-state index is -0.577. The zero-order chi connectivity index (χ0) is 17.0. The van der Waals surface area contributed by atoms with Crippen molar-refractivity contribution in [1.82, 2.24) is 10.1 Å². The summed E-state index contributed by atoms with van der Waals surface area (Å²) in [5.41, 5.74) is -0.236. The first kappa shape index (κ1) is 17.6. The average Bonchev–Trinajstić information content (AvgIpc) is 2.93. The van der Waals surface area contributed by atoms with Crippen molar-refractivity contribution in [2.75, 3.05) is 6.61 Å². The first-order chi connectivity index (χ1) is 10.8. The van der Waals surface area contributed by atoms with Crippen LogP contribution in [-0.4, -0.2) is 22.7 Å². The summed E-state index contributed by atoms with van der Waals surface area (Å²) in [7, 11) is 0. The number of hydrogen-bond acceptors (Lipinski definition) is 6. The highest BCUT2D eigenvalue weighted by Crippen LogP contribution is 2.27. The zero-order valence-corrected chi connectivity index (χ0v) is 14.4. The smallest absolute Gasteiger partial charge is 0.344 e. The fraction of sp³-hybridized carbons (Fsp3) is 0.400. The van der Waals surface area contributed by atoms with Gasteiger partial charge in [-0.1, -0.05) is 49.1 Å². The van der Waals surface area contributed by atoms with E-state index >= 15 is 0 Å². The molecule has 0 N–H and O–H groups in total. The highest BCUT2D eigenvalue weighted by atomic mass is 35.5. The summed E-state index contributed by atoms with van der Waals surface area (Å²) in [5, 5.41) is 4.64. The number of benzene rings is 1. The van der Waals surface area contributed by atoms with Gasteiger partial charge in [-0.2, -0.15) is 4.98 Å². The van der Waals surface area contributed by atoms with Crippen molar-refractivity contribution in [3.8, 4) is 5.75 Å². The van der Waals surface area contributed by atoms with Gasteiger partial charge in [0, 0.05) is 10.4 Å². The van der Waals surface area contributed by atoms with Crippen LogP contribution in [0.5, 0.6) is 5.75 Å². The van der Waals surface area contributed by atoms with E-state index in [0.29, 0.717) is 21.6 Å². The lowest BCUT2D eigenvalue weighted by molar-refractivity contribution is -0.148. The lowest BCUT2D eigenvalue weighted by atomic mass is 9.96. The molecule has 0 aliphatic rings. The standard InChI is InChI=1S/C15H16Cl2N2O4/c1-15(2,3)14-18-12(23-19-14)7-22-13(20)8-21-11-5-4-9(16)6-10(11)17/h4-6H,7-8H2,1-3H3. The van der Waals surface area contributed by atoms with Gasteiger partial charge in [0.05, 0.1) is 5.02 Å². The summed E-state index contributed by atoms with van der Waals surface area (Å²) < 4.78 is 15.3. The molecule has 1 aromatic carbocycles. The molecular formula is C15H16Cl2N2O4. The number of nitrogens with zero attached hydrogens (tertiary/aromatic N) is 2. The molecule has 0 fully saturated rings. The summed E-state index contributed by atoms with van der Waals surface area (Å²) in [6.07, 6.45) is 0. The first-order valence-electron chi connectivity index (χ1n) is 6.82. The molecule has 23 heavy (non-hydrogen) atoms. The van der Waals surface area contributed by atoms with Gasteiger partial charge in [0.15, 0.2) is 19.0 Å². The van der Waals surface area contributed by atoms with E-state index < -0.39 is 5.97 Å². The Hall–Kier alpha value is -1.79. The van der Waals surface area contributed by atoms with Crippen LogP contribution in [0, 0.1) is 0 Å². The normalized spacial score (nSPS) is 11.3. The van der Waals surface area contributed by atoms with E-state index in [0.717, 1.165) is 0 Å². The average molecular weight is 359 g/mol. The number of carbonyl (C=O) groups is 1. The highest BCUT2D eigenvalue weighted by molar-refractivity contribution is 6.35. The molecule has 6 nitrogen and oxygen atoms in total. The molecule has 0 aliphatic heterocycles. The molecule has 2 rings (SSSR count). The van der Waals surface area contributed by atoms with Crippen molar-refractivity contribution >= 4 is 29.2 Å². The second-order valence-electron chi connectivity index (χ2n) is 5.79. The van der Waals surface area contributed by atoms with Crippen molar-refractivity contribution < 1.29 is 18.8 Å². The van der Waals surface area contributed by atoms with Gasteiger partial charge in [0.2, 0.25) is 0 Å². The maximum atomic E-state index is 11.7. The molecule has 124 valence electrons. The molecule has 0 atom stereocenters. The third-order valence-electron chi connectivity index (χ3n) is 2.73. The fourth-order valence-corrected chi connectivity index (χ4v) is 1.99. The van der Waals surface area contributed by atoms with Crippen molar-refractivity contribution in [1.29, 1.82) is 0 Å². The van der Waals surface area contributed by atoms with Gasteiger partial charge < -0.3 is 14.0 Å².